The molecule has 1 heterocycles. The van der Waals surface area contributed by atoms with E-state index < -0.39 is 21.5 Å². The maximum Gasteiger partial charge on any atom is 0.326 e. The number of carbonyl (C=O) groups is 1. The number of hydrogen-bond acceptors (Lipinski definition) is 5. The van der Waals surface area contributed by atoms with E-state index in [9.17, 15) is 13.2 Å². The molecule has 7 nitrogen and oxygen atoms in total. The molecule has 1 aromatic heterocycles. The lowest BCUT2D eigenvalue weighted by atomic mass is 9.98. The van der Waals surface area contributed by atoms with Crippen molar-refractivity contribution in [2.24, 2.45) is 7.05 Å². The van der Waals surface area contributed by atoms with Crippen LogP contribution in [0.1, 0.15) is 26.7 Å². The molecule has 0 unspecified atom stereocenters. The van der Waals surface area contributed by atoms with Crippen LogP contribution in [-0.4, -0.2) is 36.8 Å². The van der Waals surface area contributed by atoms with E-state index in [-0.39, 0.29) is 4.90 Å². The van der Waals surface area contributed by atoms with Crippen molar-refractivity contribution >= 4 is 16.0 Å². The van der Waals surface area contributed by atoms with Crippen LogP contribution in [0, 0.1) is 0 Å². The molecule has 0 fully saturated rings. The van der Waals surface area contributed by atoms with E-state index in [1.165, 1.54) is 31.1 Å². The minimum absolute atomic E-state index is 0.0150. The van der Waals surface area contributed by atoms with Gasteiger partial charge in [-0.15, -0.1) is 0 Å². The first kappa shape index (κ1) is 15.6. The number of nitrogens with one attached hydrogen (secondary N) is 1. The van der Waals surface area contributed by atoms with E-state index in [0.29, 0.717) is 12.8 Å². The van der Waals surface area contributed by atoms with Crippen LogP contribution in [0.2, 0.25) is 0 Å². The molecule has 0 aliphatic carbocycles. The van der Waals surface area contributed by atoms with Crippen LogP contribution in [-0.2, 0) is 26.6 Å². The number of ether oxygens (including phenoxy) is 1. The van der Waals surface area contributed by atoms with E-state index >= 15 is 0 Å². The Morgan fingerprint density at radius 1 is 1.58 bits per heavy atom. The van der Waals surface area contributed by atoms with Gasteiger partial charge in [-0.3, -0.25) is 9.48 Å². The fourth-order valence-electron chi connectivity index (χ4n) is 1.81. The third-order valence-electron chi connectivity index (χ3n) is 2.74. The van der Waals surface area contributed by atoms with Crippen molar-refractivity contribution < 1.29 is 17.9 Å². The van der Waals surface area contributed by atoms with Gasteiger partial charge >= 0.3 is 5.97 Å². The standard InChI is InChI=1S/C11H19N3O4S/c1-5-6-11(2,10(15)18-4)13-19(16,17)9-7-12-14(3)8-9/h7-8,13H,5-6H2,1-4H3/t11-/m0/s1. The van der Waals surface area contributed by atoms with Gasteiger partial charge in [0.05, 0.1) is 13.3 Å². The molecular formula is C11H19N3O4S. The molecule has 0 spiro atoms. The normalized spacial score (nSPS) is 14.9. The van der Waals surface area contributed by atoms with Crippen molar-refractivity contribution in [3.63, 3.8) is 0 Å². The summed E-state index contributed by atoms with van der Waals surface area (Å²) in [5.74, 6) is -0.609. The number of rotatable bonds is 6. The summed E-state index contributed by atoms with van der Waals surface area (Å²) in [5, 5.41) is 3.81. The summed E-state index contributed by atoms with van der Waals surface area (Å²) in [6, 6.07) is 0. The lowest BCUT2D eigenvalue weighted by Gasteiger charge is -2.26. The molecule has 0 aromatic carbocycles. The number of nitrogens with zero attached hydrogens (tertiary/aromatic N) is 2. The summed E-state index contributed by atoms with van der Waals surface area (Å²) in [6.45, 7) is 3.37. The molecule has 0 amide bonds. The Labute approximate surface area is 113 Å². The highest BCUT2D eigenvalue weighted by Crippen LogP contribution is 2.18. The Morgan fingerprint density at radius 3 is 2.63 bits per heavy atom. The van der Waals surface area contributed by atoms with Crippen LogP contribution < -0.4 is 4.72 Å². The molecule has 0 saturated heterocycles. The monoisotopic (exact) mass is 289 g/mol. The van der Waals surface area contributed by atoms with Gasteiger partial charge in [0.25, 0.3) is 0 Å². The van der Waals surface area contributed by atoms with Gasteiger partial charge in [-0.25, -0.2) is 8.42 Å². The molecule has 0 aliphatic heterocycles. The lowest BCUT2D eigenvalue weighted by Crippen LogP contribution is -2.52. The van der Waals surface area contributed by atoms with Crippen LogP contribution in [0.5, 0.6) is 0 Å². The summed E-state index contributed by atoms with van der Waals surface area (Å²) in [5.41, 5.74) is -1.28. The minimum atomic E-state index is -3.81. The molecule has 108 valence electrons. The molecule has 1 N–H and O–H groups in total. The summed E-state index contributed by atoms with van der Waals surface area (Å²) in [4.78, 5) is 11.8. The predicted molar refractivity (Wildman–Crippen MR) is 68.9 cm³/mol. The second-order valence-corrected chi connectivity index (χ2v) is 6.21. The SMILES string of the molecule is CCC[C@](C)(NS(=O)(=O)c1cnn(C)c1)C(=O)OC. The van der Waals surface area contributed by atoms with Crippen LogP contribution in [0.15, 0.2) is 17.3 Å². The van der Waals surface area contributed by atoms with Gasteiger partial charge in [0.2, 0.25) is 10.0 Å². The molecule has 0 aliphatic rings. The van der Waals surface area contributed by atoms with Crippen LogP contribution in [0.4, 0.5) is 0 Å². The van der Waals surface area contributed by atoms with Crippen molar-refractivity contribution in [3.05, 3.63) is 12.4 Å². The summed E-state index contributed by atoms with van der Waals surface area (Å²) in [7, 11) is -0.962. The number of sulfonamides is 1. The average molecular weight is 289 g/mol. The van der Waals surface area contributed by atoms with Gasteiger partial charge in [-0.2, -0.15) is 9.82 Å². The highest BCUT2D eigenvalue weighted by atomic mass is 32.2. The molecule has 19 heavy (non-hydrogen) atoms. The first-order valence-corrected chi connectivity index (χ1v) is 7.34. The molecule has 0 bridgehead atoms. The van der Waals surface area contributed by atoms with E-state index in [1.54, 1.807) is 7.05 Å². The average Bonchev–Trinajstić information content (AvgIpc) is 2.75. The van der Waals surface area contributed by atoms with Crippen molar-refractivity contribution in [1.29, 1.82) is 0 Å². The van der Waals surface area contributed by atoms with E-state index in [2.05, 4.69) is 14.6 Å². The van der Waals surface area contributed by atoms with Crippen molar-refractivity contribution in [3.8, 4) is 0 Å². The highest BCUT2D eigenvalue weighted by molar-refractivity contribution is 7.89. The van der Waals surface area contributed by atoms with Crippen LogP contribution in [0.3, 0.4) is 0 Å². The Morgan fingerprint density at radius 2 is 2.21 bits per heavy atom. The summed E-state index contributed by atoms with van der Waals surface area (Å²) in [6.07, 6.45) is 3.58. The number of carbonyl (C=O) groups excluding carboxylic acids is 1. The Bertz CT molecular complexity index is 552. The number of aryl methyl sites for hydroxylation is 1. The fraction of sp³-hybridized carbons (Fsp3) is 0.636. The number of aromatic nitrogens is 2. The Hall–Kier alpha value is -1.41. The first-order valence-electron chi connectivity index (χ1n) is 5.86. The second-order valence-electron chi connectivity index (χ2n) is 4.53. The Kier molecular flexibility index (Phi) is 4.70. The van der Waals surface area contributed by atoms with E-state index in [4.69, 9.17) is 0 Å². The van der Waals surface area contributed by atoms with Crippen molar-refractivity contribution in [2.45, 2.75) is 37.1 Å². The number of hydrogen-bond donors (Lipinski definition) is 1. The number of methoxy groups -OCH3 is 1. The summed E-state index contributed by atoms with van der Waals surface area (Å²) < 4.78 is 32.8. The van der Waals surface area contributed by atoms with Gasteiger partial charge in [0.15, 0.2) is 0 Å². The third kappa shape index (κ3) is 3.54. The maximum absolute atomic E-state index is 12.2. The molecular weight excluding hydrogens is 270 g/mol. The zero-order valence-corrected chi connectivity index (χ0v) is 12.3. The Balaban J connectivity index is 3.06. The predicted octanol–water partition coefficient (Wildman–Crippen LogP) is 0.430. The largest absolute Gasteiger partial charge is 0.468 e. The molecule has 8 heteroatoms. The highest BCUT2D eigenvalue weighted by Gasteiger charge is 2.38. The number of esters is 1. The van der Waals surface area contributed by atoms with E-state index in [1.807, 2.05) is 6.92 Å². The third-order valence-corrected chi connectivity index (χ3v) is 4.29. The zero-order valence-electron chi connectivity index (χ0n) is 11.5. The topological polar surface area (TPSA) is 90.3 Å². The van der Waals surface area contributed by atoms with Gasteiger partial charge in [-0.05, 0) is 13.3 Å². The molecule has 1 atom stereocenters. The minimum Gasteiger partial charge on any atom is -0.468 e. The maximum atomic E-state index is 12.2. The smallest absolute Gasteiger partial charge is 0.326 e. The van der Waals surface area contributed by atoms with Gasteiger partial charge < -0.3 is 4.74 Å². The second kappa shape index (κ2) is 5.70. The molecule has 0 radical (unpaired) electrons. The molecule has 1 rings (SSSR count). The van der Waals surface area contributed by atoms with Crippen molar-refractivity contribution in [2.75, 3.05) is 7.11 Å². The van der Waals surface area contributed by atoms with Gasteiger partial charge in [0.1, 0.15) is 10.4 Å². The fourth-order valence-corrected chi connectivity index (χ4v) is 3.19. The van der Waals surface area contributed by atoms with Crippen LogP contribution in [0.25, 0.3) is 0 Å². The van der Waals surface area contributed by atoms with Crippen molar-refractivity contribution in [1.82, 2.24) is 14.5 Å². The quantitative estimate of drug-likeness (QED) is 0.767. The lowest BCUT2D eigenvalue weighted by molar-refractivity contribution is -0.147. The van der Waals surface area contributed by atoms with Gasteiger partial charge in [0, 0.05) is 13.2 Å². The van der Waals surface area contributed by atoms with E-state index in [0.717, 1.165) is 0 Å². The first-order chi connectivity index (χ1) is 8.75. The molecule has 0 saturated carbocycles. The zero-order chi connectivity index (χ0) is 14.7. The van der Waals surface area contributed by atoms with Gasteiger partial charge in [-0.1, -0.05) is 13.3 Å². The molecule has 1 aromatic rings. The van der Waals surface area contributed by atoms with Crippen LogP contribution >= 0.6 is 0 Å². The summed E-state index contributed by atoms with van der Waals surface area (Å²) >= 11 is 0.